The van der Waals surface area contributed by atoms with Crippen molar-refractivity contribution >= 4 is 47.3 Å². The van der Waals surface area contributed by atoms with Gasteiger partial charge in [-0.15, -0.1) is 13.2 Å². The first-order chi connectivity index (χ1) is 33.7. The van der Waals surface area contributed by atoms with Crippen molar-refractivity contribution in [1.82, 2.24) is 37.2 Å². The zero-order chi connectivity index (χ0) is 54.5. The standard InChI is InChI=1S/C53H92N8O11/c1-15-23-71-36(13)43(54)49(67)58-39(26-32(5)6)45(63)55-38(25-31(3)4)44(62)56-42(29-35(11)12)48(66)61-53(22-19-37(30-53)72-24-16-2)50(68)59-40(27-33(7)8)46(64)57-41(28-34(9)10)47(65)60-52(51(69)70-14)20-17-18-21-52/h15-16,31-43H,1-2,17-30,54H2,3-14H3,(H,55,63)(H,56,62)(H,57,64)(H,58,67)(H,59,68)(H,60,65)(H,61,66)/t36-,37-,38+,39+,40+,41+,42+,43+,53+/m1/s1. The number of carbonyl (C=O) groups is 8. The maximum atomic E-state index is 14.9. The molecule has 0 aromatic rings. The van der Waals surface area contributed by atoms with Crippen LogP contribution in [0.15, 0.2) is 25.3 Å². The number of nitrogens with one attached hydrogen (secondary N) is 7. The predicted molar refractivity (Wildman–Crippen MR) is 277 cm³/mol. The summed E-state index contributed by atoms with van der Waals surface area (Å²) in [6.45, 7) is 28.3. The molecule has 0 aromatic carbocycles. The molecule has 2 aliphatic rings. The topological polar surface area (TPSA) is 274 Å². The summed E-state index contributed by atoms with van der Waals surface area (Å²) in [4.78, 5) is 112. The molecule has 19 nitrogen and oxygen atoms in total. The second-order valence-electron chi connectivity index (χ2n) is 22.1. The van der Waals surface area contributed by atoms with Gasteiger partial charge in [-0.25, -0.2) is 4.79 Å². The molecule has 2 rings (SSSR count). The molecule has 0 unspecified atom stereocenters. The quantitative estimate of drug-likeness (QED) is 0.0354. The van der Waals surface area contributed by atoms with Crippen LogP contribution in [0.1, 0.15) is 153 Å². The van der Waals surface area contributed by atoms with Crippen molar-refractivity contribution in [3.63, 3.8) is 0 Å². The Kier molecular flexibility index (Phi) is 26.7. The molecule has 0 radical (unpaired) electrons. The lowest BCUT2D eigenvalue weighted by Gasteiger charge is -2.34. The van der Waals surface area contributed by atoms with E-state index in [0.29, 0.717) is 19.3 Å². The normalized spacial score (nSPS) is 20.4. The maximum Gasteiger partial charge on any atom is 0.331 e. The maximum absolute atomic E-state index is 14.9. The Morgan fingerprint density at radius 1 is 0.542 bits per heavy atom. The minimum atomic E-state index is -1.59. The molecule has 0 aromatic heterocycles. The number of rotatable bonds is 32. The predicted octanol–water partition coefficient (Wildman–Crippen LogP) is 3.77. The first-order valence-electron chi connectivity index (χ1n) is 26.2. The highest BCUT2D eigenvalue weighted by molar-refractivity contribution is 5.99. The van der Waals surface area contributed by atoms with Crippen LogP contribution in [0.4, 0.5) is 0 Å². The first kappa shape index (κ1) is 63.2. The van der Waals surface area contributed by atoms with Crippen LogP contribution >= 0.6 is 0 Å². The van der Waals surface area contributed by atoms with E-state index in [2.05, 4.69) is 50.4 Å². The van der Waals surface area contributed by atoms with E-state index in [0.717, 1.165) is 12.8 Å². The van der Waals surface area contributed by atoms with Crippen LogP contribution in [-0.2, 0) is 52.6 Å². The van der Waals surface area contributed by atoms with E-state index in [9.17, 15) is 38.4 Å². The van der Waals surface area contributed by atoms with Crippen molar-refractivity contribution in [3.05, 3.63) is 25.3 Å². The largest absolute Gasteiger partial charge is 0.467 e. The highest BCUT2D eigenvalue weighted by Crippen LogP contribution is 2.34. The molecular weight excluding hydrogens is 925 g/mol. The lowest BCUT2D eigenvalue weighted by molar-refractivity contribution is -0.151. The highest BCUT2D eigenvalue weighted by atomic mass is 16.5. The number of carbonyl (C=O) groups excluding carboxylic acids is 8. The van der Waals surface area contributed by atoms with Crippen LogP contribution in [0.5, 0.6) is 0 Å². The summed E-state index contributed by atoms with van der Waals surface area (Å²) in [6.07, 6.45) is 5.85. The van der Waals surface area contributed by atoms with Gasteiger partial charge in [-0.1, -0.05) is 94.2 Å². The number of hydrogen-bond acceptors (Lipinski definition) is 12. The summed E-state index contributed by atoms with van der Waals surface area (Å²) >= 11 is 0. The van der Waals surface area contributed by atoms with Gasteiger partial charge in [0.25, 0.3) is 0 Å². The van der Waals surface area contributed by atoms with E-state index in [1.54, 1.807) is 13.0 Å². The number of ether oxygens (including phenoxy) is 3. The van der Waals surface area contributed by atoms with Crippen molar-refractivity contribution in [2.75, 3.05) is 20.3 Å². The Morgan fingerprint density at radius 2 is 0.917 bits per heavy atom. The van der Waals surface area contributed by atoms with Gasteiger partial charge in [0.1, 0.15) is 47.3 Å². The van der Waals surface area contributed by atoms with E-state index >= 15 is 0 Å². The molecule has 7 amide bonds. The SMILES string of the molecule is C=CCO[C@@H]1CC[C@@](NC(=O)[C@H](CC(C)C)NC(=O)[C@H](CC(C)C)NC(=O)[C@H](CC(C)C)NC(=O)[C@@H](N)[C@@H](C)OCC=C)(C(=O)N[C@@H](CC(C)C)C(=O)N[C@@H](CC(C)C)C(=O)NC2(C(=O)OC)CCCC2)C1. The number of hydrogen-bond donors (Lipinski definition) is 8. The van der Waals surface area contributed by atoms with Gasteiger partial charge < -0.3 is 57.2 Å². The lowest BCUT2D eigenvalue weighted by atomic mass is 9.92. The van der Waals surface area contributed by atoms with Crippen molar-refractivity contribution < 1.29 is 52.6 Å². The van der Waals surface area contributed by atoms with Crippen LogP contribution in [0.25, 0.3) is 0 Å². The van der Waals surface area contributed by atoms with E-state index in [4.69, 9.17) is 19.9 Å². The van der Waals surface area contributed by atoms with Gasteiger partial charge in [0.15, 0.2) is 0 Å². The molecule has 2 fully saturated rings. The molecule has 410 valence electrons. The van der Waals surface area contributed by atoms with E-state index in [1.807, 2.05) is 69.2 Å². The number of amides is 7. The molecule has 0 bridgehead atoms. The fourth-order valence-corrected chi connectivity index (χ4v) is 9.36. The minimum absolute atomic E-state index is 0.0307. The molecule has 9 atom stereocenters. The Labute approximate surface area is 429 Å². The Morgan fingerprint density at radius 3 is 1.31 bits per heavy atom. The molecule has 0 heterocycles. The Hall–Kier alpha value is -4.88. The molecule has 19 heteroatoms. The van der Waals surface area contributed by atoms with E-state index in [1.165, 1.54) is 13.2 Å². The summed E-state index contributed by atoms with van der Waals surface area (Å²) in [5, 5.41) is 20.1. The third-order valence-electron chi connectivity index (χ3n) is 13.1. The summed E-state index contributed by atoms with van der Waals surface area (Å²) in [5.74, 6) is -5.16. The van der Waals surface area contributed by atoms with Gasteiger partial charge >= 0.3 is 5.97 Å². The highest BCUT2D eigenvalue weighted by Gasteiger charge is 2.50. The molecule has 72 heavy (non-hydrogen) atoms. The first-order valence-corrected chi connectivity index (χ1v) is 26.2. The summed E-state index contributed by atoms with van der Waals surface area (Å²) in [7, 11) is 1.28. The van der Waals surface area contributed by atoms with Gasteiger partial charge in [0.05, 0.1) is 32.5 Å². The molecule has 9 N–H and O–H groups in total. The lowest BCUT2D eigenvalue weighted by Crippen LogP contribution is -2.65. The fourth-order valence-electron chi connectivity index (χ4n) is 9.36. The van der Waals surface area contributed by atoms with Crippen LogP contribution in [0.3, 0.4) is 0 Å². The smallest absolute Gasteiger partial charge is 0.331 e. The van der Waals surface area contributed by atoms with Gasteiger partial charge in [-0.05, 0) is 94.3 Å². The van der Waals surface area contributed by atoms with Gasteiger partial charge in [0, 0.05) is 6.42 Å². The molecule has 0 saturated heterocycles. The molecule has 0 spiro atoms. The Balaban J connectivity index is 2.48. The number of methoxy groups -OCH3 is 1. The van der Waals surface area contributed by atoms with Crippen molar-refractivity contribution in [1.29, 1.82) is 0 Å². The second kappa shape index (κ2) is 30.3. The molecule has 0 aliphatic heterocycles. The average Bonchev–Trinajstić information content (AvgIpc) is 3.95. The van der Waals surface area contributed by atoms with Crippen LogP contribution < -0.4 is 43.0 Å². The van der Waals surface area contributed by atoms with Crippen molar-refractivity contribution in [3.8, 4) is 0 Å². The fraction of sp³-hybridized carbons (Fsp3) is 0.774. The zero-order valence-electron chi connectivity index (χ0n) is 45.5. The summed E-state index contributed by atoms with van der Waals surface area (Å²) < 4.78 is 16.6. The Bertz CT molecular complexity index is 1830. The summed E-state index contributed by atoms with van der Waals surface area (Å²) in [5.41, 5.74) is 3.39. The zero-order valence-corrected chi connectivity index (χ0v) is 45.5. The molecule has 2 aliphatic carbocycles. The third kappa shape index (κ3) is 20.2. The van der Waals surface area contributed by atoms with Crippen LogP contribution in [0, 0.1) is 29.6 Å². The van der Waals surface area contributed by atoms with Gasteiger partial charge in [0.2, 0.25) is 41.4 Å². The van der Waals surface area contributed by atoms with E-state index in [-0.39, 0.29) is 87.7 Å². The third-order valence-corrected chi connectivity index (χ3v) is 13.1. The average molecular weight is 1020 g/mol. The van der Waals surface area contributed by atoms with Gasteiger partial charge in [-0.3, -0.25) is 33.6 Å². The summed E-state index contributed by atoms with van der Waals surface area (Å²) in [6, 6.07) is -6.59. The number of nitrogens with two attached hydrogens (primary N) is 1. The monoisotopic (exact) mass is 1020 g/mol. The number of esters is 1. The van der Waals surface area contributed by atoms with Crippen molar-refractivity contribution in [2.45, 2.75) is 213 Å². The van der Waals surface area contributed by atoms with E-state index < -0.39 is 107 Å². The minimum Gasteiger partial charge on any atom is -0.467 e. The van der Waals surface area contributed by atoms with Gasteiger partial charge in [-0.2, -0.15) is 0 Å². The van der Waals surface area contributed by atoms with Crippen LogP contribution in [-0.4, -0.2) is 127 Å². The molecular formula is C53H92N8O11. The van der Waals surface area contributed by atoms with Crippen molar-refractivity contribution in [2.24, 2.45) is 35.3 Å². The molecule has 2 saturated carbocycles. The second-order valence-corrected chi connectivity index (χ2v) is 22.1. The van der Waals surface area contributed by atoms with Crippen LogP contribution in [0.2, 0.25) is 0 Å².